The van der Waals surface area contributed by atoms with Crippen molar-refractivity contribution >= 4 is 27.5 Å². The first-order valence-corrected chi connectivity index (χ1v) is 12.2. The van der Waals surface area contributed by atoms with Crippen LogP contribution in [0, 0.1) is 0 Å². The van der Waals surface area contributed by atoms with Gasteiger partial charge in [-0.1, -0.05) is 19.3 Å². The standard InChI is InChI=1S/C18H28N4O3S2/c1-20(15-5-3-2-4-6-15)27(24,25)22-11-9-21(10-12-22)18(23)16-13-19-17(26-16)14-7-8-14/h13-15H,2-12H2,1H3. The third-order valence-corrected chi connectivity index (χ3v) is 9.16. The minimum Gasteiger partial charge on any atom is -0.335 e. The molecule has 0 radical (unpaired) electrons. The van der Waals surface area contributed by atoms with Crippen LogP contribution in [0.2, 0.25) is 0 Å². The Hall–Kier alpha value is -1.03. The van der Waals surface area contributed by atoms with Crippen LogP contribution >= 0.6 is 11.3 Å². The van der Waals surface area contributed by atoms with Gasteiger partial charge in [0, 0.05) is 45.2 Å². The zero-order chi connectivity index (χ0) is 19.0. The minimum absolute atomic E-state index is 0.0166. The number of nitrogens with zero attached hydrogens (tertiary/aromatic N) is 4. The number of hydrogen-bond acceptors (Lipinski definition) is 5. The third kappa shape index (κ3) is 4.06. The predicted octanol–water partition coefficient (Wildman–Crippen LogP) is 2.29. The number of carbonyl (C=O) groups excluding carboxylic acids is 1. The molecule has 27 heavy (non-hydrogen) atoms. The fraction of sp³-hybridized carbons (Fsp3) is 0.778. The van der Waals surface area contributed by atoms with Gasteiger partial charge in [0.25, 0.3) is 16.1 Å². The topological polar surface area (TPSA) is 73.8 Å². The molecule has 2 saturated carbocycles. The smallest absolute Gasteiger partial charge is 0.282 e. The van der Waals surface area contributed by atoms with E-state index in [2.05, 4.69) is 4.98 Å². The molecule has 2 aliphatic carbocycles. The van der Waals surface area contributed by atoms with Crippen LogP contribution in [-0.4, -0.2) is 72.1 Å². The Kier molecular flexibility index (Phi) is 5.55. The highest BCUT2D eigenvalue weighted by molar-refractivity contribution is 7.86. The normalized spacial score (nSPS) is 23.1. The van der Waals surface area contributed by atoms with Crippen molar-refractivity contribution in [1.29, 1.82) is 0 Å². The van der Waals surface area contributed by atoms with Crippen LogP contribution < -0.4 is 0 Å². The Labute approximate surface area is 165 Å². The molecule has 0 unspecified atom stereocenters. The average molecular weight is 413 g/mol. The highest BCUT2D eigenvalue weighted by Crippen LogP contribution is 2.41. The number of carbonyl (C=O) groups is 1. The number of hydrogen-bond donors (Lipinski definition) is 0. The van der Waals surface area contributed by atoms with E-state index in [9.17, 15) is 13.2 Å². The molecule has 0 bridgehead atoms. The van der Waals surface area contributed by atoms with Crippen molar-refractivity contribution in [3.8, 4) is 0 Å². The summed E-state index contributed by atoms with van der Waals surface area (Å²) in [7, 11) is -1.75. The molecule has 1 aromatic heterocycles. The maximum absolute atomic E-state index is 13.0. The second-order valence-electron chi connectivity index (χ2n) is 7.84. The molecule has 3 fully saturated rings. The zero-order valence-electron chi connectivity index (χ0n) is 15.8. The van der Waals surface area contributed by atoms with Gasteiger partial charge in [-0.05, 0) is 25.7 Å². The summed E-state index contributed by atoms with van der Waals surface area (Å²) in [6.45, 7) is 1.60. The van der Waals surface area contributed by atoms with E-state index in [0.29, 0.717) is 37.0 Å². The van der Waals surface area contributed by atoms with E-state index >= 15 is 0 Å². The fourth-order valence-corrected chi connectivity index (χ4v) is 6.63. The summed E-state index contributed by atoms with van der Waals surface area (Å²) in [4.78, 5) is 19.5. The number of piperazine rings is 1. The minimum atomic E-state index is -3.46. The molecule has 1 saturated heterocycles. The van der Waals surface area contributed by atoms with Crippen molar-refractivity contribution < 1.29 is 13.2 Å². The van der Waals surface area contributed by atoms with E-state index in [1.807, 2.05) is 0 Å². The maximum Gasteiger partial charge on any atom is 0.282 e. The van der Waals surface area contributed by atoms with Gasteiger partial charge >= 0.3 is 0 Å². The van der Waals surface area contributed by atoms with Gasteiger partial charge in [-0.3, -0.25) is 4.79 Å². The first-order chi connectivity index (χ1) is 13.0. The average Bonchev–Trinajstić information content (AvgIpc) is 3.44. The third-order valence-electron chi connectivity index (χ3n) is 5.97. The van der Waals surface area contributed by atoms with Gasteiger partial charge in [0.05, 0.1) is 11.2 Å². The zero-order valence-corrected chi connectivity index (χ0v) is 17.5. The van der Waals surface area contributed by atoms with Crippen molar-refractivity contribution in [1.82, 2.24) is 18.5 Å². The van der Waals surface area contributed by atoms with Crippen molar-refractivity contribution in [2.75, 3.05) is 33.2 Å². The van der Waals surface area contributed by atoms with E-state index in [1.54, 1.807) is 22.4 Å². The van der Waals surface area contributed by atoms with E-state index in [-0.39, 0.29) is 11.9 Å². The SMILES string of the molecule is CN(C1CCCCC1)S(=O)(=O)N1CCN(C(=O)c2cnc(C3CC3)s2)CC1. The molecule has 150 valence electrons. The summed E-state index contributed by atoms with van der Waals surface area (Å²) < 4.78 is 29.0. The first-order valence-electron chi connectivity index (χ1n) is 9.95. The molecule has 4 rings (SSSR count). The Balaban J connectivity index is 1.35. The Morgan fingerprint density at radius 3 is 2.41 bits per heavy atom. The van der Waals surface area contributed by atoms with Gasteiger partial charge in [-0.15, -0.1) is 11.3 Å². The number of amides is 1. The second kappa shape index (κ2) is 7.77. The van der Waals surface area contributed by atoms with Crippen LogP contribution in [-0.2, 0) is 10.2 Å². The maximum atomic E-state index is 13.0. The molecule has 3 aliphatic rings. The number of rotatable bonds is 5. The lowest BCUT2D eigenvalue weighted by atomic mass is 9.96. The lowest BCUT2D eigenvalue weighted by molar-refractivity contribution is 0.0697. The van der Waals surface area contributed by atoms with Crippen molar-refractivity contribution in [3.05, 3.63) is 16.1 Å². The molecule has 1 aromatic rings. The number of aromatic nitrogens is 1. The predicted molar refractivity (Wildman–Crippen MR) is 105 cm³/mol. The van der Waals surface area contributed by atoms with Gasteiger partial charge < -0.3 is 4.90 Å². The first kappa shape index (κ1) is 19.3. The van der Waals surface area contributed by atoms with Crippen molar-refractivity contribution in [2.45, 2.75) is 56.9 Å². The summed E-state index contributed by atoms with van der Waals surface area (Å²) in [5.41, 5.74) is 0. The van der Waals surface area contributed by atoms with Crippen LogP contribution in [0.1, 0.15) is 65.5 Å². The van der Waals surface area contributed by atoms with Crippen LogP contribution in [0.15, 0.2) is 6.20 Å². The molecule has 0 spiro atoms. The van der Waals surface area contributed by atoms with E-state index in [0.717, 1.165) is 30.7 Å². The Morgan fingerprint density at radius 1 is 1.11 bits per heavy atom. The second-order valence-corrected chi connectivity index (χ2v) is 10.9. The summed E-state index contributed by atoms with van der Waals surface area (Å²) >= 11 is 1.49. The molecule has 1 amide bonds. The van der Waals surface area contributed by atoms with Gasteiger partial charge in [-0.2, -0.15) is 17.0 Å². The molecule has 0 N–H and O–H groups in total. The van der Waals surface area contributed by atoms with Crippen LogP contribution in [0.25, 0.3) is 0 Å². The lowest BCUT2D eigenvalue weighted by Gasteiger charge is -2.38. The molecular formula is C18H28N4O3S2. The Bertz CT molecular complexity index is 776. The van der Waals surface area contributed by atoms with Crippen molar-refractivity contribution in [2.24, 2.45) is 0 Å². The number of thiazole rings is 1. The molecular weight excluding hydrogens is 384 g/mol. The van der Waals surface area contributed by atoms with Gasteiger partial charge in [0.1, 0.15) is 4.88 Å². The van der Waals surface area contributed by atoms with Gasteiger partial charge in [0.2, 0.25) is 0 Å². The highest BCUT2D eigenvalue weighted by atomic mass is 32.2. The van der Waals surface area contributed by atoms with E-state index in [4.69, 9.17) is 0 Å². The van der Waals surface area contributed by atoms with Crippen molar-refractivity contribution in [3.63, 3.8) is 0 Å². The molecule has 0 aromatic carbocycles. The fourth-order valence-electron chi connectivity index (χ4n) is 4.00. The quantitative estimate of drug-likeness (QED) is 0.744. The largest absolute Gasteiger partial charge is 0.335 e. The molecule has 2 heterocycles. The summed E-state index contributed by atoms with van der Waals surface area (Å²) in [5.74, 6) is 0.533. The Morgan fingerprint density at radius 2 is 1.78 bits per heavy atom. The molecule has 7 nitrogen and oxygen atoms in total. The highest BCUT2D eigenvalue weighted by Gasteiger charge is 2.36. The molecule has 1 aliphatic heterocycles. The van der Waals surface area contributed by atoms with E-state index in [1.165, 1.54) is 34.9 Å². The van der Waals surface area contributed by atoms with E-state index < -0.39 is 10.2 Å². The van der Waals surface area contributed by atoms with Crippen LogP contribution in [0.3, 0.4) is 0 Å². The monoisotopic (exact) mass is 412 g/mol. The molecule has 9 heteroatoms. The summed E-state index contributed by atoms with van der Waals surface area (Å²) in [6, 6.07) is 0.112. The van der Waals surface area contributed by atoms with Crippen LogP contribution in [0.5, 0.6) is 0 Å². The van der Waals surface area contributed by atoms with Gasteiger partial charge in [-0.25, -0.2) is 4.98 Å². The summed E-state index contributed by atoms with van der Waals surface area (Å²) in [5, 5.41) is 1.06. The van der Waals surface area contributed by atoms with Gasteiger partial charge in [0.15, 0.2) is 0 Å². The lowest BCUT2D eigenvalue weighted by Crippen LogP contribution is -2.55. The summed E-state index contributed by atoms with van der Waals surface area (Å²) in [6.07, 6.45) is 9.32. The van der Waals surface area contributed by atoms with Crippen LogP contribution in [0.4, 0.5) is 0 Å². The molecule has 0 atom stereocenters.